The number of imidazole rings is 1. The maximum Gasteiger partial charge on any atom is 0.234 e. The second-order valence-corrected chi connectivity index (χ2v) is 7.60. The molecule has 152 valence electrons. The lowest BCUT2D eigenvalue weighted by atomic mass is 10.2. The van der Waals surface area contributed by atoms with E-state index in [-0.39, 0.29) is 17.5 Å². The number of rotatable bonds is 7. The van der Waals surface area contributed by atoms with Crippen molar-refractivity contribution in [3.63, 3.8) is 0 Å². The Morgan fingerprint density at radius 3 is 2.53 bits per heavy atom. The standard InChI is InChI=1S/C23H20FN3O2S/c1-29-19-12-10-18(11-13-19)25-22(28)15-30-23-26-20-4-2-3-5-21(20)27(23)14-16-6-8-17(24)9-7-16/h2-13H,14-15H2,1H3,(H,25,28). The van der Waals surface area contributed by atoms with Crippen molar-refractivity contribution in [2.45, 2.75) is 11.7 Å². The van der Waals surface area contributed by atoms with Crippen LogP contribution in [0.2, 0.25) is 0 Å². The Labute approximate surface area is 177 Å². The van der Waals surface area contributed by atoms with Crippen LogP contribution in [-0.4, -0.2) is 28.3 Å². The molecule has 0 aliphatic rings. The Bertz CT molecular complexity index is 1160. The first-order chi connectivity index (χ1) is 14.6. The predicted molar refractivity (Wildman–Crippen MR) is 118 cm³/mol. The van der Waals surface area contributed by atoms with Gasteiger partial charge in [-0.1, -0.05) is 36.0 Å². The van der Waals surface area contributed by atoms with E-state index < -0.39 is 0 Å². The molecule has 4 aromatic rings. The molecule has 1 aromatic heterocycles. The zero-order valence-corrected chi connectivity index (χ0v) is 17.2. The van der Waals surface area contributed by atoms with Crippen LogP contribution in [-0.2, 0) is 11.3 Å². The molecule has 0 radical (unpaired) electrons. The second kappa shape index (κ2) is 9.00. The molecule has 0 saturated heterocycles. The lowest BCUT2D eigenvalue weighted by Crippen LogP contribution is -2.14. The van der Waals surface area contributed by atoms with Gasteiger partial charge < -0.3 is 14.6 Å². The number of nitrogens with zero attached hydrogens (tertiary/aromatic N) is 2. The third kappa shape index (κ3) is 4.63. The van der Waals surface area contributed by atoms with Gasteiger partial charge in [0.15, 0.2) is 5.16 Å². The van der Waals surface area contributed by atoms with Crippen LogP contribution >= 0.6 is 11.8 Å². The van der Waals surface area contributed by atoms with E-state index in [0.29, 0.717) is 12.2 Å². The minimum Gasteiger partial charge on any atom is -0.497 e. The maximum absolute atomic E-state index is 13.3. The molecule has 0 bridgehead atoms. The van der Waals surface area contributed by atoms with E-state index >= 15 is 0 Å². The number of ether oxygens (including phenoxy) is 1. The minimum atomic E-state index is -0.265. The average molecular weight is 421 g/mol. The van der Waals surface area contributed by atoms with Crippen LogP contribution in [0.4, 0.5) is 10.1 Å². The number of hydrogen-bond donors (Lipinski definition) is 1. The molecule has 0 spiro atoms. The van der Waals surface area contributed by atoms with Crippen LogP contribution < -0.4 is 10.1 Å². The van der Waals surface area contributed by atoms with E-state index in [1.807, 2.05) is 28.8 Å². The summed E-state index contributed by atoms with van der Waals surface area (Å²) in [7, 11) is 1.60. The van der Waals surface area contributed by atoms with Crippen LogP contribution in [0.1, 0.15) is 5.56 Å². The number of amides is 1. The van der Waals surface area contributed by atoms with Crippen LogP contribution in [0.3, 0.4) is 0 Å². The van der Waals surface area contributed by atoms with E-state index in [9.17, 15) is 9.18 Å². The molecule has 3 aromatic carbocycles. The Kier molecular flexibility index (Phi) is 5.99. The molecule has 1 heterocycles. The van der Waals surface area contributed by atoms with Crippen molar-refractivity contribution in [3.8, 4) is 5.75 Å². The number of carbonyl (C=O) groups is 1. The Morgan fingerprint density at radius 1 is 1.07 bits per heavy atom. The fourth-order valence-electron chi connectivity index (χ4n) is 3.09. The molecule has 0 fully saturated rings. The summed E-state index contributed by atoms with van der Waals surface area (Å²) >= 11 is 1.37. The summed E-state index contributed by atoms with van der Waals surface area (Å²) in [5.41, 5.74) is 3.50. The number of carbonyl (C=O) groups excluding carboxylic acids is 1. The monoisotopic (exact) mass is 421 g/mol. The van der Waals surface area contributed by atoms with Gasteiger partial charge in [0.1, 0.15) is 11.6 Å². The third-order valence-corrected chi connectivity index (χ3v) is 5.56. The van der Waals surface area contributed by atoms with Crippen LogP contribution in [0, 0.1) is 5.82 Å². The first-order valence-corrected chi connectivity index (χ1v) is 10.4. The maximum atomic E-state index is 13.3. The van der Waals surface area contributed by atoms with E-state index in [1.54, 1.807) is 43.5 Å². The quantitative estimate of drug-likeness (QED) is 0.429. The number of methoxy groups -OCH3 is 1. The zero-order valence-electron chi connectivity index (χ0n) is 16.3. The molecular formula is C23H20FN3O2S. The summed E-state index contributed by atoms with van der Waals surface area (Å²) in [6.45, 7) is 0.545. The number of halogens is 1. The normalized spacial score (nSPS) is 10.9. The molecule has 5 nitrogen and oxygen atoms in total. The molecule has 4 rings (SSSR count). The molecular weight excluding hydrogens is 401 g/mol. The van der Waals surface area contributed by atoms with Crippen molar-refractivity contribution in [1.29, 1.82) is 0 Å². The van der Waals surface area contributed by atoms with Gasteiger partial charge in [-0.05, 0) is 54.1 Å². The Morgan fingerprint density at radius 2 is 1.80 bits per heavy atom. The lowest BCUT2D eigenvalue weighted by Gasteiger charge is -2.10. The van der Waals surface area contributed by atoms with Crippen LogP contribution in [0.25, 0.3) is 11.0 Å². The second-order valence-electron chi connectivity index (χ2n) is 6.66. The first-order valence-electron chi connectivity index (χ1n) is 9.39. The van der Waals surface area contributed by atoms with Gasteiger partial charge in [0.2, 0.25) is 5.91 Å². The van der Waals surface area contributed by atoms with Gasteiger partial charge in [0, 0.05) is 5.69 Å². The van der Waals surface area contributed by atoms with Gasteiger partial charge in [-0.25, -0.2) is 9.37 Å². The van der Waals surface area contributed by atoms with E-state index in [4.69, 9.17) is 4.74 Å². The third-order valence-electron chi connectivity index (χ3n) is 4.58. The fraction of sp³-hybridized carbons (Fsp3) is 0.130. The van der Waals surface area contributed by atoms with E-state index in [1.165, 1.54) is 23.9 Å². The van der Waals surface area contributed by atoms with Gasteiger partial charge in [0.25, 0.3) is 0 Å². The van der Waals surface area contributed by atoms with Gasteiger partial charge >= 0.3 is 0 Å². The highest BCUT2D eigenvalue weighted by Crippen LogP contribution is 2.25. The number of hydrogen-bond acceptors (Lipinski definition) is 4. The highest BCUT2D eigenvalue weighted by atomic mass is 32.2. The SMILES string of the molecule is COc1ccc(NC(=O)CSc2nc3ccccc3n2Cc2ccc(F)cc2)cc1. The molecule has 0 aliphatic heterocycles. The largest absolute Gasteiger partial charge is 0.497 e. The smallest absolute Gasteiger partial charge is 0.234 e. The molecule has 1 amide bonds. The summed E-state index contributed by atoms with van der Waals surface area (Å²) in [5, 5.41) is 3.62. The zero-order chi connectivity index (χ0) is 20.9. The fourth-order valence-corrected chi connectivity index (χ4v) is 3.90. The Hall–Kier alpha value is -3.32. The minimum absolute atomic E-state index is 0.120. The van der Waals surface area contributed by atoms with E-state index in [0.717, 1.165) is 27.5 Å². The van der Waals surface area contributed by atoms with Crippen molar-refractivity contribution in [2.75, 3.05) is 18.2 Å². The predicted octanol–water partition coefficient (Wildman–Crippen LogP) is 4.96. The lowest BCUT2D eigenvalue weighted by molar-refractivity contribution is -0.113. The van der Waals surface area contributed by atoms with Crippen molar-refractivity contribution >= 4 is 34.4 Å². The molecule has 1 N–H and O–H groups in total. The van der Waals surface area contributed by atoms with Crippen molar-refractivity contribution in [2.24, 2.45) is 0 Å². The number of para-hydroxylation sites is 2. The number of nitrogens with one attached hydrogen (secondary N) is 1. The molecule has 30 heavy (non-hydrogen) atoms. The highest BCUT2D eigenvalue weighted by molar-refractivity contribution is 7.99. The number of fused-ring (bicyclic) bond motifs is 1. The highest BCUT2D eigenvalue weighted by Gasteiger charge is 2.13. The van der Waals surface area contributed by atoms with Crippen LogP contribution in [0.15, 0.2) is 78.0 Å². The molecule has 0 saturated carbocycles. The van der Waals surface area contributed by atoms with Crippen molar-refractivity contribution in [1.82, 2.24) is 9.55 Å². The topological polar surface area (TPSA) is 56.1 Å². The van der Waals surface area contributed by atoms with Crippen molar-refractivity contribution in [3.05, 3.63) is 84.2 Å². The summed E-state index contributed by atoms with van der Waals surface area (Å²) < 4.78 is 20.4. The number of aromatic nitrogens is 2. The molecule has 0 aliphatic carbocycles. The summed E-state index contributed by atoms with van der Waals surface area (Å²) in [4.78, 5) is 17.1. The van der Waals surface area contributed by atoms with Gasteiger partial charge in [-0.15, -0.1) is 0 Å². The van der Waals surface area contributed by atoms with Crippen LogP contribution in [0.5, 0.6) is 5.75 Å². The van der Waals surface area contributed by atoms with Gasteiger partial charge in [-0.2, -0.15) is 0 Å². The molecule has 0 unspecified atom stereocenters. The number of anilines is 1. The van der Waals surface area contributed by atoms with Gasteiger partial charge in [-0.3, -0.25) is 4.79 Å². The number of thioether (sulfide) groups is 1. The summed E-state index contributed by atoms with van der Waals surface area (Å²) in [5.74, 6) is 0.570. The van der Waals surface area contributed by atoms with Crippen molar-refractivity contribution < 1.29 is 13.9 Å². The number of benzene rings is 3. The first kappa shape index (κ1) is 20.0. The van der Waals surface area contributed by atoms with Gasteiger partial charge in [0.05, 0.1) is 30.4 Å². The molecule has 7 heteroatoms. The molecule has 0 atom stereocenters. The summed E-state index contributed by atoms with van der Waals surface area (Å²) in [6, 6.07) is 21.4. The summed E-state index contributed by atoms with van der Waals surface area (Å²) in [6.07, 6.45) is 0. The Balaban J connectivity index is 1.50. The van der Waals surface area contributed by atoms with E-state index in [2.05, 4.69) is 10.3 Å². The average Bonchev–Trinajstić information content (AvgIpc) is 3.12.